The molecule has 0 aromatic heterocycles. The minimum atomic E-state index is -2.30. The molecule has 3 N–H and O–H groups in total. The highest BCUT2D eigenvalue weighted by atomic mass is 19.2. The Kier molecular flexibility index (Phi) is 7.16. The van der Waals surface area contributed by atoms with Crippen LogP contribution in [0.2, 0.25) is 0 Å². The van der Waals surface area contributed by atoms with Crippen LogP contribution in [0.1, 0.15) is 0 Å². The van der Waals surface area contributed by atoms with Crippen molar-refractivity contribution in [1.82, 2.24) is 5.32 Å². The van der Waals surface area contributed by atoms with E-state index in [9.17, 15) is 43.9 Å². The van der Waals surface area contributed by atoms with Gasteiger partial charge >= 0.3 is 0 Å². The summed E-state index contributed by atoms with van der Waals surface area (Å²) in [6.07, 6.45) is 0. The third-order valence-electron chi connectivity index (χ3n) is 3.63. The van der Waals surface area contributed by atoms with Gasteiger partial charge in [0.2, 0.25) is 11.6 Å². The van der Waals surface area contributed by atoms with Gasteiger partial charge in [0.15, 0.2) is 46.5 Å². The third-order valence-corrected chi connectivity index (χ3v) is 3.63. The van der Waals surface area contributed by atoms with Crippen molar-refractivity contribution in [2.75, 3.05) is 36.8 Å². The molecule has 0 spiro atoms. The summed E-state index contributed by atoms with van der Waals surface area (Å²) in [7, 11) is 0. The third kappa shape index (κ3) is 4.49. The van der Waals surface area contributed by atoms with E-state index >= 15 is 0 Å². The van der Waals surface area contributed by atoms with Gasteiger partial charge in [0.1, 0.15) is 11.4 Å². The first-order valence-corrected chi connectivity index (χ1v) is 7.80. The van der Waals surface area contributed by atoms with Gasteiger partial charge in [0, 0.05) is 26.2 Å². The number of hydrogen-bond acceptors (Lipinski definition) is 3. The van der Waals surface area contributed by atoms with Crippen LogP contribution in [0.3, 0.4) is 0 Å². The number of benzene rings is 2. The molecule has 2 aromatic carbocycles. The summed E-state index contributed by atoms with van der Waals surface area (Å²) in [5, 5.41) is 6.54. The quantitative estimate of drug-likeness (QED) is 0.252. The lowest BCUT2D eigenvalue weighted by Gasteiger charge is -2.13. The van der Waals surface area contributed by atoms with Gasteiger partial charge in [-0.05, 0) is 0 Å². The molecule has 0 radical (unpaired) electrons. The summed E-state index contributed by atoms with van der Waals surface area (Å²) in [4.78, 5) is 0. The molecule has 0 fully saturated rings. The van der Waals surface area contributed by atoms with E-state index in [1.54, 1.807) is 0 Å². The number of rotatable bonds is 8. The SMILES string of the molecule is Fc1c(F)c(F)c(NCCNCCNc2c(F)c(F)c(F)c(F)c2F)c(F)c1F. The number of nitrogens with one attached hydrogen (secondary N) is 3. The zero-order valence-electron chi connectivity index (χ0n) is 14.1. The summed E-state index contributed by atoms with van der Waals surface area (Å²) in [6.45, 7) is -0.863. The van der Waals surface area contributed by atoms with Crippen molar-refractivity contribution in [2.24, 2.45) is 0 Å². The second-order valence-corrected chi connectivity index (χ2v) is 5.49. The molecule has 2 aromatic rings. The number of hydrogen-bond donors (Lipinski definition) is 3. The van der Waals surface area contributed by atoms with Gasteiger partial charge in [-0.1, -0.05) is 0 Å². The molecule has 29 heavy (non-hydrogen) atoms. The molecular weight excluding hydrogens is 424 g/mol. The Morgan fingerprint density at radius 1 is 0.345 bits per heavy atom. The maximum atomic E-state index is 13.4. The van der Waals surface area contributed by atoms with E-state index in [0.29, 0.717) is 0 Å². The smallest absolute Gasteiger partial charge is 0.200 e. The van der Waals surface area contributed by atoms with E-state index in [2.05, 4.69) is 5.32 Å². The maximum absolute atomic E-state index is 13.4. The molecule has 0 unspecified atom stereocenters. The van der Waals surface area contributed by atoms with E-state index in [0.717, 1.165) is 0 Å². The summed E-state index contributed by atoms with van der Waals surface area (Å²) >= 11 is 0. The van der Waals surface area contributed by atoms with Crippen LogP contribution in [-0.4, -0.2) is 26.2 Å². The topological polar surface area (TPSA) is 36.1 Å². The average molecular weight is 435 g/mol. The van der Waals surface area contributed by atoms with Crippen LogP contribution in [0.5, 0.6) is 0 Å². The highest BCUT2D eigenvalue weighted by molar-refractivity contribution is 5.48. The number of halogens is 10. The first-order chi connectivity index (χ1) is 13.6. The zero-order valence-corrected chi connectivity index (χ0v) is 14.1. The Labute approximate surface area is 156 Å². The van der Waals surface area contributed by atoms with E-state index in [-0.39, 0.29) is 26.2 Å². The minimum Gasteiger partial charge on any atom is -0.379 e. The molecule has 0 saturated carbocycles. The van der Waals surface area contributed by atoms with E-state index < -0.39 is 69.5 Å². The van der Waals surface area contributed by atoms with Crippen LogP contribution >= 0.6 is 0 Å². The fourth-order valence-corrected chi connectivity index (χ4v) is 2.20. The molecule has 2 rings (SSSR count). The first kappa shape index (κ1) is 22.6. The molecule has 0 amide bonds. The van der Waals surface area contributed by atoms with Crippen molar-refractivity contribution in [3.8, 4) is 0 Å². The van der Waals surface area contributed by atoms with Gasteiger partial charge in [-0.25, -0.2) is 43.9 Å². The molecule has 0 heterocycles. The van der Waals surface area contributed by atoms with Crippen molar-refractivity contribution in [3.63, 3.8) is 0 Å². The van der Waals surface area contributed by atoms with Crippen molar-refractivity contribution in [1.29, 1.82) is 0 Å². The van der Waals surface area contributed by atoms with Crippen molar-refractivity contribution in [2.45, 2.75) is 0 Å². The Hall–Kier alpha value is -2.70. The van der Waals surface area contributed by atoms with Crippen LogP contribution < -0.4 is 16.0 Å². The molecule has 0 aliphatic heterocycles. The summed E-state index contributed by atoms with van der Waals surface area (Å²) in [5.41, 5.74) is -2.47. The predicted molar refractivity (Wildman–Crippen MR) is 82.3 cm³/mol. The Morgan fingerprint density at radius 3 is 0.862 bits per heavy atom. The van der Waals surface area contributed by atoms with Gasteiger partial charge in [0.25, 0.3) is 0 Å². The monoisotopic (exact) mass is 435 g/mol. The normalized spacial score (nSPS) is 11.1. The average Bonchev–Trinajstić information content (AvgIpc) is 2.71. The highest BCUT2D eigenvalue weighted by Gasteiger charge is 2.26. The van der Waals surface area contributed by atoms with Crippen LogP contribution in [0.25, 0.3) is 0 Å². The Balaban J connectivity index is 1.84. The fourth-order valence-electron chi connectivity index (χ4n) is 2.20. The molecule has 0 aliphatic carbocycles. The van der Waals surface area contributed by atoms with Gasteiger partial charge < -0.3 is 16.0 Å². The lowest BCUT2D eigenvalue weighted by Crippen LogP contribution is -2.28. The number of anilines is 2. The standard InChI is InChI=1S/C16H11F10N3/c17-5-7(19)11(23)15(12(24)8(5)20)28-3-1-27-2-4-29-16-13(25)9(21)6(18)10(22)14(16)26/h27-29H,1-4H2. The lowest BCUT2D eigenvalue weighted by atomic mass is 10.2. The maximum Gasteiger partial charge on any atom is 0.200 e. The molecule has 13 heteroatoms. The van der Waals surface area contributed by atoms with E-state index in [4.69, 9.17) is 0 Å². The molecule has 0 aliphatic rings. The zero-order chi connectivity index (χ0) is 21.9. The molecule has 0 saturated heterocycles. The van der Waals surface area contributed by atoms with Gasteiger partial charge in [0.05, 0.1) is 0 Å². The molecule has 160 valence electrons. The van der Waals surface area contributed by atoms with Crippen LogP contribution in [0.4, 0.5) is 55.3 Å². The Morgan fingerprint density at radius 2 is 0.586 bits per heavy atom. The van der Waals surface area contributed by atoms with Crippen LogP contribution in [0.15, 0.2) is 0 Å². The highest BCUT2D eigenvalue weighted by Crippen LogP contribution is 2.27. The second kappa shape index (κ2) is 9.20. The minimum absolute atomic E-state index is 0.113. The van der Waals surface area contributed by atoms with Crippen molar-refractivity contribution in [3.05, 3.63) is 58.2 Å². The van der Waals surface area contributed by atoms with Gasteiger partial charge in [-0.3, -0.25) is 0 Å². The predicted octanol–water partition coefficient (Wildman–Crippen LogP) is 4.19. The van der Waals surface area contributed by atoms with Crippen molar-refractivity contribution < 1.29 is 43.9 Å². The second-order valence-electron chi connectivity index (χ2n) is 5.49. The molecular formula is C16H11F10N3. The summed E-state index contributed by atoms with van der Waals surface area (Å²) in [5.74, 6) is -21.3. The Bertz CT molecular complexity index is 787. The fraction of sp³-hybridized carbons (Fsp3) is 0.250. The first-order valence-electron chi connectivity index (χ1n) is 7.80. The molecule has 3 nitrogen and oxygen atoms in total. The van der Waals surface area contributed by atoms with E-state index in [1.165, 1.54) is 0 Å². The summed E-state index contributed by atoms with van der Waals surface area (Å²) < 4.78 is 132. The lowest BCUT2D eigenvalue weighted by molar-refractivity contribution is 0.381. The van der Waals surface area contributed by atoms with Gasteiger partial charge in [-0.2, -0.15) is 0 Å². The van der Waals surface area contributed by atoms with E-state index in [1.807, 2.05) is 10.6 Å². The summed E-state index contributed by atoms with van der Waals surface area (Å²) in [6, 6.07) is 0. The van der Waals surface area contributed by atoms with Crippen LogP contribution in [-0.2, 0) is 0 Å². The van der Waals surface area contributed by atoms with Crippen molar-refractivity contribution >= 4 is 11.4 Å². The van der Waals surface area contributed by atoms with Crippen LogP contribution in [0, 0.1) is 58.2 Å². The molecule has 0 bridgehead atoms. The largest absolute Gasteiger partial charge is 0.379 e. The van der Waals surface area contributed by atoms with Gasteiger partial charge in [-0.15, -0.1) is 0 Å². The molecule has 0 atom stereocenters.